The smallest absolute Gasteiger partial charge is 0.337 e. The van der Waals surface area contributed by atoms with Crippen molar-refractivity contribution in [1.29, 1.82) is 0 Å². The Morgan fingerprint density at radius 2 is 1.70 bits per heavy atom. The normalized spacial score (nSPS) is 17.4. The van der Waals surface area contributed by atoms with Gasteiger partial charge in [0.2, 0.25) is 0 Å². The molecule has 0 aliphatic carbocycles. The first-order valence-corrected chi connectivity index (χ1v) is 9.58. The minimum absolute atomic E-state index is 0.276. The van der Waals surface area contributed by atoms with Gasteiger partial charge in [0, 0.05) is 45.7 Å². The van der Waals surface area contributed by atoms with Gasteiger partial charge in [0.15, 0.2) is 0 Å². The highest BCUT2D eigenvalue weighted by atomic mass is 16.5. The molecule has 1 saturated heterocycles. The number of esters is 1. The van der Waals surface area contributed by atoms with Crippen LogP contribution in [0.15, 0.2) is 42.5 Å². The first kappa shape index (κ1) is 18.0. The minimum Gasteiger partial charge on any atom is -0.493 e. The van der Waals surface area contributed by atoms with Gasteiger partial charge in [-0.2, -0.15) is 0 Å². The van der Waals surface area contributed by atoms with Crippen LogP contribution in [0.1, 0.15) is 27.0 Å². The molecule has 0 N–H and O–H groups in total. The number of benzene rings is 2. The fraction of sp³-hybridized carbons (Fsp3) is 0.409. The number of ether oxygens (including phenoxy) is 2. The van der Waals surface area contributed by atoms with Crippen LogP contribution in [0.3, 0.4) is 0 Å². The number of piperazine rings is 1. The van der Waals surface area contributed by atoms with Crippen LogP contribution in [0.4, 0.5) is 0 Å². The Labute approximate surface area is 160 Å². The number of carbonyl (C=O) groups is 1. The summed E-state index contributed by atoms with van der Waals surface area (Å²) in [6.07, 6.45) is 1.03. The monoisotopic (exact) mass is 366 g/mol. The van der Waals surface area contributed by atoms with Gasteiger partial charge in [0.05, 0.1) is 19.3 Å². The number of carbonyl (C=O) groups excluding carboxylic acids is 1. The van der Waals surface area contributed by atoms with Crippen molar-refractivity contribution in [3.63, 3.8) is 0 Å². The largest absolute Gasteiger partial charge is 0.493 e. The third kappa shape index (κ3) is 4.31. The van der Waals surface area contributed by atoms with Gasteiger partial charge in [-0.25, -0.2) is 4.79 Å². The van der Waals surface area contributed by atoms with E-state index in [0.29, 0.717) is 5.56 Å². The fourth-order valence-electron chi connectivity index (χ4n) is 3.87. The summed E-state index contributed by atoms with van der Waals surface area (Å²) in [4.78, 5) is 16.7. The predicted octanol–water partition coefficient (Wildman–Crippen LogP) is 2.73. The maximum Gasteiger partial charge on any atom is 0.337 e. The van der Waals surface area contributed by atoms with Crippen molar-refractivity contribution >= 4 is 5.97 Å². The summed E-state index contributed by atoms with van der Waals surface area (Å²) in [5.74, 6) is 0.777. The molecule has 0 radical (unpaired) electrons. The third-order valence-electron chi connectivity index (χ3n) is 5.38. The van der Waals surface area contributed by atoms with Gasteiger partial charge in [-0.15, -0.1) is 0 Å². The molecule has 5 heteroatoms. The zero-order valence-corrected chi connectivity index (χ0v) is 15.8. The summed E-state index contributed by atoms with van der Waals surface area (Å²) >= 11 is 0. The van der Waals surface area contributed by atoms with E-state index in [-0.39, 0.29) is 5.97 Å². The quantitative estimate of drug-likeness (QED) is 0.761. The lowest BCUT2D eigenvalue weighted by Gasteiger charge is -2.34. The van der Waals surface area contributed by atoms with E-state index in [1.54, 1.807) is 6.07 Å². The van der Waals surface area contributed by atoms with Gasteiger partial charge in [0.1, 0.15) is 5.75 Å². The molecule has 1 fully saturated rings. The molecule has 0 spiro atoms. The molecule has 2 aliphatic rings. The standard InChI is InChI=1S/C22H26N2O3/c1-26-22(25)20-4-2-3-17(14-20)15-23-8-10-24(11-9-23)16-18-5-6-21-19(13-18)7-12-27-21/h2-6,13-14H,7-12,15-16H2,1H3. The maximum atomic E-state index is 11.7. The van der Waals surface area contributed by atoms with Crippen LogP contribution in [0.5, 0.6) is 5.75 Å². The van der Waals surface area contributed by atoms with E-state index in [9.17, 15) is 4.79 Å². The Hall–Kier alpha value is -2.37. The Bertz CT molecular complexity index is 813. The van der Waals surface area contributed by atoms with Crippen LogP contribution in [-0.2, 0) is 24.2 Å². The fourth-order valence-corrected chi connectivity index (χ4v) is 3.87. The lowest BCUT2D eigenvalue weighted by Crippen LogP contribution is -2.45. The molecule has 0 unspecified atom stereocenters. The van der Waals surface area contributed by atoms with Gasteiger partial charge in [0.25, 0.3) is 0 Å². The van der Waals surface area contributed by atoms with Crippen molar-refractivity contribution in [2.75, 3.05) is 39.9 Å². The highest BCUT2D eigenvalue weighted by Gasteiger charge is 2.19. The Morgan fingerprint density at radius 3 is 2.41 bits per heavy atom. The molecule has 4 rings (SSSR count). The lowest BCUT2D eigenvalue weighted by atomic mass is 10.1. The molecule has 2 heterocycles. The summed E-state index contributed by atoms with van der Waals surface area (Å²) in [6.45, 7) is 6.88. The number of nitrogens with zero attached hydrogens (tertiary/aromatic N) is 2. The molecule has 27 heavy (non-hydrogen) atoms. The maximum absolute atomic E-state index is 11.7. The van der Waals surface area contributed by atoms with Crippen LogP contribution in [0.2, 0.25) is 0 Å². The number of hydrogen-bond donors (Lipinski definition) is 0. The summed E-state index contributed by atoms with van der Waals surface area (Å²) in [6, 6.07) is 14.3. The lowest BCUT2D eigenvalue weighted by molar-refractivity contribution is 0.0600. The first-order chi connectivity index (χ1) is 13.2. The number of rotatable bonds is 5. The second-order valence-electron chi connectivity index (χ2n) is 7.28. The molecule has 0 atom stereocenters. The van der Waals surface area contributed by atoms with Gasteiger partial charge < -0.3 is 9.47 Å². The van der Waals surface area contributed by atoms with Gasteiger partial charge in [-0.1, -0.05) is 24.3 Å². The van der Waals surface area contributed by atoms with Crippen LogP contribution < -0.4 is 4.74 Å². The molecule has 5 nitrogen and oxygen atoms in total. The topological polar surface area (TPSA) is 42.0 Å². The van der Waals surface area contributed by atoms with E-state index >= 15 is 0 Å². The number of hydrogen-bond acceptors (Lipinski definition) is 5. The summed E-state index contributed by atoms with van der Waals surface area (Å²) in [5.41, 5.74) is 4.49. The van der Waals surface area contributed by atoms with Crippen molar-refractivity contribution in [2.24, 2.45) is 0 Å². The Kier molecular flexibility index (Phi) is 5.41. The molecule has 0 saturated carbocycles. The SMILES string of the molecule is COC(=O)c1cccc(CN2CCN(Cc3ccc4c(c3)CCO4)CC2)c1. The second-order valence-corrected chi connectivity index (χ2v) is 7.28. The molecule has 2 aromatic carbocycles. The van der Waals surface area contributed by atoms with Crippen LogP contribution in [0, 0.1) is 0 Å². The minimum atomic E-state index is -0.276. The predicted molar refractivity (Wildman–Crippen MR) is 104 cm³/mol. The molecule has 0 aromatic heterocycles. The van der Waals surface area contributed by atoms with E-state index in [1.165, 1.54) is 18.2 Å². The molecule has 2 aromatic rings. The van der Waals surface area contributed by atoms with Crippen LogP contribution in [0.25, 0.3) is 0 Å². The van der Waals surface area contributed by atoms with E-state index in [0.717, 1.165) is 63.6 Å². The second kappa shape index (κ2) is 8.11. The summed E-state index contributed by atoms with van der Waals surface area (Å²) < 4.78 is 10.4. The average Bonchev–Trinajstić information content (AvgIpc) is 3.17. The van der Waals surface area contributed by atoms with E-state index in [1.807, 2.05) is 12.1 Å². The van der Waals surface area contributed by atoms with Crippen LogP contribution in [-0.4, -0.2) is 55.7 Å². The van der Waals surface area contributed by atoms with Crippen molar-refractivity contribution in [2.45, 2.75) is 19.5 Å². The number of fused-ring (bicyclic) bond motifs is 1. The molecule has 0 amide bonds. The highest BCUT2D eigenvalue weighted by Crippen LogP contribution is 2.26. The zero-order chi connectivity index (χ0) is 18.6. The van der Waals surface area contributed by atoms with Gasteiger partial charge >= 0.3 is 5.97 Å². The third-order valence-corrected chi connectivity index (χ3v) is 5.38. The van der Waals surface area contributed by atoms with Crippen molar-refractivity contribution in [1.82, 2.24) is 9.80 Å². The van der Waals surface area contributed by atoms with E-state index in [2.05, 4.69) is 34.1 Å². The van der Waals surface area contributed by atoms with Crippen molar-refractivity contribution < 1.29 is 14.3 Å². The molecule has 2 aliphatic heterocycles. The Balaban J connectivity index is 1.30. The van der Waals surface area contributed by atoms with Crippen molar-refractivity contribution in [3.8, 4) is 5.75 Å². The van der Waals surface area contributed by atoms with Crippen LogP contribution >= 0.6 is 0 Å². The van der Waals surface area contributed by atoms with E-state index < -0.39 is 0 Å². The summed E-state index contributed by atoms with van der Waals surface area (Å²) in [5, 5.41) is 0. The molecule has 142 valence electrons. The molecular weight excluding hydrogens is 340 g/mol. The zero-order valence-electron chi connectivity index (χ0n) is 15.8. The Morgan fingerprint density at radius 1 is 1.00 bits per heavy atom. The van der Waals surface area contributed by atoms with E-state index in [4.69, 9.17) is 9.47 Å². The van der Waals surface area contributed by atoms with Gasteiger partial charge in [-0.05, 0) is 34.9 Å². The summed E-state index contributed by atoms with van der Waals surface area (Å²) in [7, 11) is 1.42. The first-order valence-electron chi connectivity index (χ1n) is 9.58. The number of methoxy groups -OCH3 is 1. The molecular formula is C22H26N2O3. The highest BCUT2D eigenvalue weighted by molar-refractivity contribution is 5.89. The van der Waals surface area contributed by atoms with Gasteiger partial charge in [-0.3, -0.25) is 9.80 Å². The van der Waals surface area contributed by atoms with Crippen molar-refractivity contribution in [3.05, 3.63) is 64.7 Å². The average molecular weight is 366 g/mol. The molecule has 0 bridgehead atoms.